The number of piperazine rings is 1. The van der Waals surface area contributed by atoms with E-state index in [1.54, 1.807) is 4.90 Å². The van der Waals surface area contributed by atoms with Crippen LogP contribution in [0.5, 0.6) is 0 Å². The topological polar surface area (TPSA) is 78.7 Å². The molecular formula is C18H26N4O2. The molecular weight excluding hydrogens is 304 g/mol. The first-order valence-corrected chi connectivity index (χ1v) is 8.70. The Morgan fingerprint density at radius 2 is 1.83 bits per heavy atom. The third kappa shape index (κ3) is 3.87. The molecule has 0 spiro atoms. The molecule has 24 heavy (non-hydrogen) atoms. The highest BCUT2D eigenvalue weighted by molar-refractivity contribution is 5.89. The van der Waals surface area contributed by atoms with Crippen molar-refractivity contribution in [2.45, 2.75) is 32.2 Å². The molecule has 1 aromatic rings. The molecule has 6 heteroatoms. The summed E-state index contributed by atoms with van der Waals surface area (Å²) >= 11 is 0. The van der Waals surface area contributed by atoms with Crippen molar-refractivity contribution in [1.29, 1.82) is 0 Å². The molecule has 2 unspecified atom stereocenters. The Bertz CT molecular complexity index is 611. The second-order valence-electron chi connectivity index (χ2n) is 6.88. The summed E-state index contributed by atoms with van der Waals surface area (Å²) in [4.78, 5) is 28.5. The highest BCUT2D eigenvalue weighted by atomic mass is 16.2. The molecule has 0 radical (unpaired) electrons. The zero-order chi connectivity index (χ0) is 17.1. The van der Waals surface area contributed by atoms with Crippen LogP contribution >= 0.6 is 0 Å². The van der Waals surface area contributed by atoms with Gasteiger partial charge in [-0.3, -0.25) is 4.79 Å². The number of anilines is 1. The minimum Gasteiger partial charge on any atom is -0.339 e. The van der Waals surface area contributed by atoms with Crippen molar-refractivity contribution in [3.05, 3.63) is 29.8 Å². The lowest BCUT2D eigenvalue weighted by molar-refractivity contribution is -0.136. The SMILES string of the molecule is Cc1cccc(NC(=O)N2CCN(C(=O)C3CCC(N)C3)CC2)c1. The third-order valence-corrected chi connectivity index (χ3v) is 4.97. The number of carbonyl (C=O) groups is 2. The van der Waals surface area contributed by atoms with Crippen molar-refractivity contribution in [2.75, 3.05) is 31.5 Å². The number of amides is 3. The largest absolute Gasteiger partial charge is 0.339 e. The van der Waals surface area contributed by atoms with E-state index in [0.29, 0.717) is 26.2 Å². The number of carbonyl (C=O) groups excluding carboxylic acids is 2. The summed E-state index contributed by atoms with van der Waals surface area (Å²) < 4.78 is 0. The first-order valence-electron chi connectivity index (χ1n) is 8.70. The van der Waals surface area contributed by atoms with Crippen LogP contribution < -0.4 is 11.1 Å². The quantitative estimate of drug-likeness (QED) is 0.868. The maximum Gasteiger partial charge on any atom is 0.321 e. The van der Waals surface area contributed by atoms with Crippen molar-refractivity contribution in [3.63, 3.8) is 0 Å². The summed E-state index contributed by atoms with van der Waals surface area (Å²) in [5, 5.41) is 2.92. The molecule has 0 bridgehead atoms. The summed E-state index contributed by atoms with van der Waals surface area (Å²) in [6.45, 7) is 4.34. The number of nitrogens with two attached hydrogens (primary N) is 1. The zero-order valence-electron chi connectivity index (χ0n) is 14.2. The molecule has 2 aliphatic rings. The van der Waals surface area contributed by atoms with E-state index in [0.717, 1.165) is 30.5 Å². The number of urea groups is 1. The van der Waals surface area contributed by atoms with E-state index in [-0.39, 0.29) is 23.9 Å². The van der Waals surface area contributed by atoms with E-state index < -0.39 is 0 Å². The van der Waals surface area contributed by atoms with Gasteiger partial charge in [-0.25, -0.2) is 4.79 Å². The number of benzene rings is 1. The second-order valence-corrected chi connectivity index (χ2v) is 6.88. The molecule has 3 amide bonds. The summed E-state index contributed by atoms with van der Waals surface area (Å²) in [6, 6.07) is 7.81. The van der Waals surface area contributed by atoms with E-state index in [9.17, 15) is 9.59 Å². The van der Waals surface area contributed by atoms with Crippen LogP contribution in [-0.4, -0.2) is 54.0 Å². The third-order valence-electron chi connectivity index (χ3n) is 4.97. The van der Waals surface area contributed by atoms with Gasteiger partial charge in [0.25, 0.3) is 0 Å². The van der Waals surface area contributed by atoms with Gasteiger partial charge in [0.1, 0.15) is 0 Å². The summed E-state index contributed by atoms with van der Waals surface area (Å²) in [5.41, 5.74) is 7.82. The predicted octanol–water partition coefficient (Wildman–Crippen LogP) is 1.80. The minimum atomic E-state index is -0.101. The molecule has 1 saturated carbocycles. The van der Waals surface area contributed by atoms with Gasteiger partial charge in [0.15, 0.2) is 0 Å². The Kier molecular flexibility index (Phi) is 5.04. The number of hydrogen-bond acceptors (Lipinski definition) is 3. The fourth-order valence-corrected chi connectivity index (χ4v) is 3.55. The molecule has 1 aromatic carbocycles. The molecule has 6 nitrogen and oxygen atoms in total. The minimum absolute atomic E-state index is 0.0765. The van der Waals surface area contributed by atoms with Gasteiger partial charge in [-0.15, -0.1) is 0 Å². The highest BCUT2D eigenvalue weighted by Gasteiger charge is 2.33. The summed E-state index contributed by atoms with van der Waals surface area (Å²) in [5.74, 6) is 0.286. The second kappa shape index (κ2) is 7.21. The fourth-order valence-electron chi connectivity index (χ4n) is 3.55. The van der Waals surface area contributed by atoms with Gasteiger partial charge in [0.2, 0.25) is 5.91 Å². The van der Waals surface area contributed by atoms with Crippen molar-refractivity contribution < 1.29 is 9.59 Å². The Balaban J connectivity index is 1.49. The predicted molar refractivity (Wildman–Crippen MR) is 93.7 cm³/mol. The molecule has 2 atom stereocenters. The monoisotopic (exact) mass is 330 g/mol. The van der Waals surface area contributed by atoms with E-state index in [4.69, 9.17) is 5.73 Å². The van der Waals surface area contributed by atoms with Crippen molar-refractivity contribution in [3.8, 4) is 0 Å². The molecule has 0 aromatic heterocycles. The maximum atomic E-state index is 12.5. The van der Waals surface area contributed by atoms with Crippen LogP contribution in [0.2, 0.25) is 0 Å². The van der Waals surface area contributed by atoms with Crippen LogP contribution in [0.4, 0.5) is 10.5 Å². The van der Waals surface area contributed by atoms with Gasteiger partial charge in [-0.1, -0.05) is 12.1 Å². The Hall–Kier alpha value is -2.08. The van der Waals surface area contributed by atoms with Gasteiger partial charge in [-0.2, -0.15) is 0 Å². The number of nitrogens with one attached hydrogen (secondary N) is 1. The first kappa shape index (κ1) is 16.8. The van der Waals surface area contributed by atoms with Crippen LogP contribution in [-0.2, 0) is 4.79 Å². The van der Waals surface area contributed by atoms with Gasteiger partial charge in [0, 0.05) is 43.8 Å². The number of nitrogens with zero attached hydrogens (tertiary/aromatic N) is 2. The van der Waals surface area contributed by atoms with Crippen LogP contribution in [0, 0.1) is 12.8 Å². The summed E-state index contributed by atoms with van der Waals surface area (Å²) in [6.07, 6.45) is 2.64. The molecule has 3 rings (SSSR count). The van der Waals surface area contributed by atoms with Gasteiger partial charge >= 0.3 is 6.03 Å². The fraction of sp³-hybridized carbons (Fsp3) is 0.556. The van der Waals surface area contributed by atoms with Gasteiger partial charge in [0.05, 0.1) is 0 Å². The smallest absolute Gasteiger partial charge is 0.321 e. The average Bonchev–Trinajstić information content (AvgIpc) is 3.01. The van der Waals surface area contributed by atoms with Crippen LogP contribution in [0.15, 0.2) is 24.3 Å². The normalized spacial score (nSPS) is 24.1. The molecule has 2 fully saturated rings. The van der Waals surface area contributed by atoms with E-state index >= 15 is 0 Å². The average molecular weight is 330 g/mol. The Morgan fingerprint density at radius 1 is 1.12 bits per heavy atom. The van der Waals surface area contributed by atoms with Crippen molar-refractivity contribution in [1.82, 2.24) is 9.80 Å². The standard InChI is InChI=1S/C18H26N4O2/c1-13-3-2-4-16(11-13)20-18(24)22-9-7-21(8-10-22)17(23)14-5-6-15(19)12-14/h2-4,11,14-15H,5-10,12,19H2,1H3,(H,20,24). The maximum absolute atomic E-state index is 12.5. The molecule has 130 valence electrons. The van der Waals surface area contributed by atoms with Crippen molar-refractivity contribution >= 4 is 17.6 Å². The Labute approximate surface area is 143 Å². The molecule has 3 N–H and O–H groups in total. The number of aryl methyl sites for hydroxylation is 1. The highest BCUT2D eigenvalue weighted by Crippen LogP contribution is 2.26. The van der Waals surface area contributed by atoms with Crippen molar-refractivity contribution in [2.24, 2.45) is 11.7 Å². The van der Waals surface area contributed by atoms with E-state index in [1.807, 2.05) is 36.1 Å². The number of hydrogen-bond donors (Lipinski definition) is 2. The van der Waals surface area contributed by atoms with Gasteiger partial charge < -0.3 is 20.9 Å². The van der Waals surface area contributed by atoms with E-state index in [2.05, 4.69) is 5.32 Å². The van der Waals surface area contributed by atoms with E-state index in [1.165, 1.54) is 0 Å². The molecule has 1 aliphatic carbocycles. The van der Waals surface area contributed by atoms with Crippen LogP contribution in [0.25, 0.3) is 0 Å². The first-order chi connectivity index (χ1) is 11.5. The van der Waals surface area contributed by atoms with Crippen LogP contribution in [0.1, 0.15) is 24.8 Å². The molecule has 1 saturated heterocycles. The number of rotatable bonds is 2. The molecule has 1 heterocycles. The Morgan fingerprint density at radius 3 is 2.46 bits per heavy atom. The van der Waals surface area contributed by atoms with Gasteiger partial charge in [-0.05, 0) is 43.9 Å². The lowest BCUT2D eigenvalue weighted by Gasteiger charge is -2.36. The zero-order valence-corrected chi connectivity index (χ0v) is 14.2. The molecule has 1 aliphatic heterocycles. The summed E-state index contributed by atoms with van der Waals surface area (Å²) in [7, 11) is 0. The lowest BCUT2D eigenvalue weighted by atomic mass is 10.1. The van der Waals surface area contributed by atoms with Crippen LogP contribution in [0.3, 0.4) is 0 Å². The lowest BCUT2D eigenvalue weighted by Crippen LogP contribution is -2.52.